The van der Waals surface area contributed by atoms with Crippen LogP contribution < -0.4 is 10.3 Å². The van der Waals surface area contributed by atoms with Crippen molar-refractivity contribution in [3.05, 3.63) is 135 Å². The zero-order valence-corrected chi connectivity index (χ0v) is 23.0. The van der Waals surface area contributed by atoms with E-state index in [9.17, 15) is 14.4 Å². The molecule has 0 radical (unpaired) electrons. The van der Waals surface area contributed by atoms with E-state index >= 15 is 0 Å². The van der Waals surface area contributed by atoms with Gasteiger partial charge in [-0.1, -0.05) is 96.5 Å². The number of hydrazone groups is 1. The summed E-state index contributed by atoms with van der Waals surface area (Å²) in [5.74, 6) is -2.46. The topological polar surface area (TPSA) is 78.8 Å². The lowest BCUT2D eigenvalue weighted by molar-refractivity contribution is -0.123. The molecule has 0 spiro atoms. The third-order valence-corrected chi connectivity index (χ3v) is 9.17. The molecule has 4 aliphatic rings. The molecule has 4 aromatic carbocycles. The van der Waals surface area contributed by atoms with Crippen LogP contribution in [0.2, 0.25) is 5.02 Å². The van der Waals surface area contributed by atoms with Gasteiger partial charge in [-0.2, -0.15) is 5.10 Å². The number of benzene rings is 4. The van der Waals surface area contributed by atoms with Gasteiger partial charge in [0.2, 0.25) is 17.7 Å². The predicted molar refractivity (Wildman–Crippen MR) is 158 cm³/mol. The lowest BCUT2D eigenvalue weighted by atomic mass is 9.47. The predicted octanol–water partition coefficient (Wildman–Crippen LogP) is 5.54. The molecule has 4 aromatic rings. The monoisotopic (exact) mass is 559 g/mol. The third-order valence-electron chi connectivity index (χ3n) is 8.76. The van der Waals surface area contributed by atoms with Crippen molar-refractivity contribution in [3.63, 3.8) is 0 Å². The number of nitrogens with zero attached hydrogens (tertiary/aromatic N) is 2. The highest BCUT2D eigenvalue weighted by Crippen LogP contribution is 2.63. The number of anilines is 1. The van der Waals surface area contributed by atoms with Crippen LogP contribution in [-0.2, 0) is 26.2 Å². The molecule has 7 heteroatoms. The minimum atomic E-state index is -1.05. The summed E-state index contributed by atoms with van der Waals surface area (Å²) in [6.07, 6.45) is 1.85. The van der Waals surface area contributed by atoms with E-state index in [1.807, 2.05) is 91.9 Å². The summed E-state index contributed by atoms with van der Waals surface area (Å²) in [6, 6.07) is 30.6. The van der Waals surface area contributed by atoms with Crippen LogP contribution in [0.4, 0.5) is 5.69 Å². The normalized spacial score (nSPS) is 23.9. The highest BCUT2D eigenvalue weighted by atomic mass is 35.5. The van der Waals surface area contributed by atoms with E-state index in [1.54, 1.807) is 18.3 Å². The number of imide groups is 1. The van der Waals surface area contributed by atoms with Crippen molar-refractivity contribution in [1.29, 1.82) is 0 Å². The van der Waals surface area contributed by atoms with Crippen molar-refractivity contribution in [3.8, 4) is 0 Å². The van der Waals surface area contributed by atoms with E-state index in [0.29, 0.717) is 10.7 Å². The zero-order valence-electron chi connectivity index (χ0n) is 22.3. The number of amides is 3. The number of hydrogen-bond acceptors (Lipinski definition) is 4. The maximum absolute atomic E-state index is 14.4. The summed E-state index contributed by atoms with van der Waals surface area (Å²) in [7, 11) is 0. The van der Waals surface area contributed by atoms with Gasteiger partial charge in [-0.05, 0) is 52.4 Å². The summed E-state index contributed by atoms with van der Waals surface area (Å²) in [5.41, 5.74) is 7.68. The molecular weight excluding hydrogens is 534 g/mol. The van der Waals surface area contributed by atoms with Crippen molar-refractivity contribution in [1.82, 2.24) is 5.43 Å². The van der Waals surface area contributed by atoms with Gasteiger partial charge in [0.25, 0.3) is 0 Å². The summed E-state index contributed by atoms with van der Waals surface area (Å²) in [6.45, 7) is 1.88. The van der Waals surface area contributed by atoms with E-state index in [-0.39, 0.29) is 30.1 Å². The standard InChI is InChI=1S/C34H26ClN3O3/c1-20-15-16-22(18-27(20)35)38-32(40)30-29-23-11-5-7-13-25(23)34(31(30)33(38)41,26-14-8-6-12-24(26)29)19-36-37-28(39)17-21-9-3-2-4-10-21/h2-16,18-19,29-31H,17H2,1H3,(H,37,39)/b36-19-/t29?,30-,31-,34?/m1/s1. The van der Waals surface area contributed by atoms with Crippen LogP contribution >= 0.6 is 11.6 Å². The first-order valence-electron chi connectivity index (χ1n) is 13.6. The van der Waals surface area contributed by atoms with E-state index in [0.717, 1.165) is 33.4 Å². The zero-order chi connectivity index (χ0) is 28.3. The largest absolute Gasteiger partial charge is 0.274 e. The molecular formula is C34H26ClN3O3. The van der Waals surface area contributed by atoms with Crippen LogP contribution in [0.1, 0.15) is 39.3 Å². The first-order valence-corrected chi connectivity index (χ1v) is 14.0. The van der Waals surface area contributed by atoms with E-state index in [1.165, 1.54) is 4.90 Å². The summed E-state index contributed by atoms with van der Waals surface area (Å²) in [5, 5.41) is 4.96. The van der Waals surface area contributed by atoms with Crippen LogP contribution in [0.15, 0.2) is 102 Å². The molecule has 2 atom stereocenters. The number of carbonyl (C=O) groups is 3. The SMILES string of the molecule is Cc1ccc(N2C(=O)[C@@H]3C4c5ccccc5C(/C=N\NC(=O)Cc5ccccc5)(c5ccccc54)[C@H]3C2=O)cc1Cl. The van der Waals surface area contributed by atoms with Crippen molar-refractivity contribution < 1.29 is 14.4 Å². The second-order valence-corrected chi connectivity index (χ2v) is 11.3. The number of rotatable bonds is 5. The van der Waals surface area contributed by atoms with E-state index in [2.05, 4.69) is 10.5 Å². The van der Waals surface area contributed by atoms with Gasteiger partial charge in [0.1, 0.15) is 0 Å². The minimum absolute atomic E-state index is 0.172. The Hall–Kier alpha value is -4.55. The highest BCUT2D eigenvalue weighted by Gasteiger charge is 2.68. The molecule has 1 N–H and O–H groups in total. The number of hydrogen-bond donors (Lipinski definition) is 1. The van der Waals surface area contributed by atoms with Crippen molar-refractivity contribution in [2.24, 2.45) is 16.9 Å². The lowest BCUT2D eigenvalue weighted by Gasteiger charge is -2.52. The average molecular weight is 560 g/mol. The molecule has 1 aliphatic heterocycles. The molecule has 1 heterocycles. The van der Waals surface area contributed by atoms with Crippen LogP contribution in [0, 0.1) is 18.8 Å². The quantitative estimate of drug-likeness (QED) is 0.198. The molecule has 202 valence electrons. The van der Waals surface area contributed by atoms with Gasteiger partial charge < -0.3 is 0 Å². The van der Waals surface area contributed by atoms with Crippen LogP contribution in [0.5, 0.6) is 0 Å². The first-order chi connectivity index (χ1) is 19.9. The Morgan fingerprint density at radius 2 is 1.54 bits per heavy atom. The molecule has 0 unspecified atom stereocenters. The van der Waals surface area contributed by atoms with Crippen molar-refractivity contribution in [2.45, 2.75) is 24.7 Å². The number of aryl methyl sites for hydroxylation is 1. The molecule has 41 heavy (non-hydrogen) atoms. The Bertz CT molecular complexity index is 1720. The molecule has 3 aliphatic carbocycles. The van der Waals surface area contributed by atoms with Gasteiger partial charge in [-0.15, -0.1) is 0 Å². The Morgan fingerprint density at radius 3 is 2.20 bits per heavy atom. The second kappa shape index (κ2) is 9.53. The van der Waals surface area contributed by atoms with Crippen molar-refractivity contribution in [2.75, 3.05) is 4.90 Å². The van der Waals surface area contributed by atoms with Gasteiger partial charge in [0.15, 0.2) is 0 Å². The fraction of sp³-hybridized carbons (Fsp3) is 0.176. The molecule has 3 amide bonds. The van der Waals surface area contributed by atoms with Gasteiger partial charge in [-0.25, -0.2) is 10.3 Å². The number of carbonyl (C=O) groups excluding carboxylic acids is 3. The maximum Gasteiger partial charge on any atom is 0.244 e. The summed E-state index contributed by atoms with van der Waals surface area (Å²) < 4.78 is 0. The minimum Gasteiger partial charge on any atom is -0.274 e. The molecule has 0 aromatic heterocycles. The molecule has 6 nitrogen and oxygen atoms in total. The smallest absolute Gasteiger partial charge is 0.244 e. The molecule has 8 rings (SSSR count). The van der Waals surface area contributed by atoms with E-state index < -0.39 is 17.3 Å². The summed E-state index contributed by atoms with van der Waals surface area (Å²) in [4.78, 5) is 42.8. The lowest BCUT2D eigenvalue weighted by Crippen LogP contribution is -2.54. The number of halogens is 1. The van der Waals surface area contributed by atoms with E-state index in [4.69, 9.17) is 11.6 Å². The second-order valence-electron chi connectivity index (χ2n) is 10.9. The van der Waals surface area contributed by atoms with Crippen LogP contribution in [0.25, 0.3) is 0 Å². The molecule has 0 saturated carbocycles. The molecule has 1 saturated heterocycles. The Morgan fingerprint density at radius 1 is 0.902 bits per heavy atom. The van der Waals surface area contributed by atoms with Gasteiger partial charge in [0, 0.05) is 17.2 Å². The van der Waals surface area contributed by atoms with Crippen LogP contribution in [0.3, 0.4) is 0 Å². The number of nitrogens with one attached hydrogen (secondary N) is 1. The fourth-order valence-corrected chi connectivity index (χ4v) is 7.23. The molecule has 1 fully saturated rings. The van der Waals surface area contributed by atoms with Crippen LogP contribution in [-0.4, -0.2) is 23.9 Å². The Kier molecular flexibility index (Phi) is 5.91. The first kappa shape index (κ1) is 25.4. The maximum atomic E-state index is 14.4. The Balaban J connectivity index is 1.37. The Labute approximate surface area is 242 Å². The third kappa shape index (κ3) is 3.71. The highest BCUT2D eigenvalue weighted by molar-refractivity contribution is 6.32. The van der Waals surface area contributed by atoms with Gasteiger partial charge >= 0.3 is 0 Å². The van der Waals surface area contributed by atoms with Gasteiger partial charge in [0.05, 0.1) is 29.4 Å². The molecule has 2 bridgehead atoms. The summed E-state index contributed by atoms with van der Waals surface area (Å²) >= 11 is 6.43. The fourth-order valence-electron chi connectivity index (χ4n) is 7.05. The average Bonchev–Trinajstić information content (AvgIpc) is 3.26. The van der Waals surface area contributed by atoms with Gasteiger partial charge in [-0.3, -0.25) is 14.4 Å². The van der Waals surface area contributed by atoms with Crippen molar-refractivity contribution >= 4 is 41.2 Å².